The van der Waals surface area contributed by atoms with E-state index in [1.807, 2.05) is 6.92 Å². The molecular formula is C26H26F4O2. The van der Waals surface area contributed by atoms with E-state index in [9.17, 15) is 17.6 Å². The Kier molecular flexibility index (Phi) is 7.78. The third kappa shape index (κ3) is 6.02. The van der Waals surface area contributed by atoms with Gasteiger partial charge in [0.15, 0.2) is 11.6 Å². The van der Waals surface area contributed by atoms with Crippen molar-refractivity contribution >= 4 is 0 Å². The second-order valence-electron chi connectivity index (χ2n) is 7.72. The molecule has 6 heteroatoms. The second-order valence-corrected chi connectivity index (χ2v) is 7.72. The highest BCUT2D eigenvalue weighted by Gasteiger charge is 2.42. The molecule has 0 fully saturated rings. The monoisotopic (exact) mass is 446 g/mol. The van der Waals surface area contributed by atoms with Crippen molar-refractivity contribution in [2.45, 2.75) is 52.1 Å². The normalized spacial score (nSPS) is 11.4. The molecule has 0 heterocycles. The number of rotatable bonds is 10. The topological polar surface area (TPSA) is 18.5 Å². The first-order valence-electron chi connectivity index (χ1n) is 10.7. The predicted octanol–water partition coefficient (Wildman–Crippen LogP) is 8.32. The van der Waals surface area contributed by atoms with Crippen LogP contribution in [0.5, 0.6) is 17.2 Å². The average molecular weight is 446 g/mol. The molecule has 0 bridgehead atoms. The van der Waals surface area contributed by atoms with Gasteiger partial charge in [-0.15, -0.1) is 0 Å². The van der Waals surface area contributed by atoms with E-state index in [-0.39, 0.29) is 11.5 Å². The summed E-state index contributed by atoms with van der Waals surface area (Å²) < 4.78 is 68.6. The first-order valence-corrected chi connectivity index (χ1v) is 10.7. The number of alkyl halides is 2. The van der Waals surface area contributed by atoms with E-state index in [0.717, 1.165) is 55.4 Å². The molecule has 0 aliphatic heterocycles. The zero-order valence-electron chi connectivity index (χ0n) is 18.1. The van der Waals surface area contributed by atoms with Gasteiger partial charge in [0.05, 0.1) is 0 Å². The molecule has 0 spiro atoms. The minimum absolute atomic E-state index is 0.184. The van der Waals surface area contributed by atoms with Crippen LogP contribution in [0.2, 0.25) is 0 Å². The van der Waals surface area contributed by atoms with Crippen LogP contribution in [0, 0.1) is 18.6 Å². The maximum atomic E-state index is 14.8. The zero-order chi connectivity index (χ0) is 23.1. The summed E-state index contributed by atoms with van der Waals surface area (Å²) in [5.41, 5.74) is 0.443. The van der Waals surface area contributed by atoms with Crippen molar-refractivity contribution < 1.29 is 27.0 Å². The summed E-state index contributed by atoms with van der Waals surface area (Å²) in [6.07, 6.45) is 0.992. The average Bonchev–Trinajstić information content (AvgIpc) is 2.75. The van der Waals surface area contributed by atoms with Crippen LogP contribution in [0.3, 0.4) is 0 Å². The number of hydrogen-bond donors (Lipinski definition) is 0. The number of hydrogen-bond acceptors (Lipinski definition) is 2. The molecular weight excluding hydrogens is 420 g/mol. The maximum absolute atomic E-state index is 14.8. The Morgan fingerprint density at radius 2 is 1.44 bits per heavy atom. The van der Waals surface area contributed by atoms with Crippen LogP contribution in [0.15, 0.2) is 60.7 Å². The van der Waals surface area contributed by atoms with Crippen LogP contribution in [0.25, 0.3) is 0 Å². The van der Waals surface area contributed by atoms with Crippen molar-refractivity contribution in [3.8, 4) is 17.2 Å². The molecule has 0 amide bonds. The van der Waals surface area contributed by atoms with Crippen molar-refractivity contribution in [2.24, 2.45) is 0 Å². The molecule has 0 N–H and O–H groups in total. The second kappa shape index (κ2) is 10.5. The van der Waals surface area contributed by atoms with E-state index in [4.69, 9.17) is 9.47 Å². The van der Waals surface area contributed by atoms with Crippen LogP contribution in [-0.2, 0) is 12.5 Å². The molecule has 0 unspecified atom stereocenters. The van der Waals surface area contributed by atoms with Gasteiger partial charge in [-0.2, -0.15) is 8.78 Å². The lowest BCUT2D eigenvalue weighted by Crippen LogP contribution is -2.25. The van der Waals surface area contributed by atoms with Gasteiger partial charge < -0.3 is 9.47 Å². The third-order valence-electron chi connectivity index (χ3n) is 5.08. The molecule has 0 aliphatic rings. The van der Waals surface area contributed by atoms with E-state index in [2.05, 4.69) is 6.92 Å². The van der Waals surface area contributed by atoms with Crippen LogP contribution in [-0.4, -0.2) is 0 Å². The fourth-order valence-corrected chi connectivity index (χ4v) is 3.29. The lowest BCUT2D eigenvalue weighted by Gasteiger charge is -2.20. The Morgan fingerprint density at radius 1 is 0.781 bits per heavy atom. The summed E-state index contributed by atoms with van der Waals surface area (Å²) in [7, 11) is 0. The number of halogens is 4. The summed E-state index contributed by atoms with van der Waals surface area (Å²) in [5.74, 6) is -3.39. The molecule has 0 aliphatic carbocycles. The van der Waals surface area contributed by atoms with Gasteiger partial charge in [-0.1, -0.05) is 56.0 Å². The first kappa shape index (κ1) is 23.6. The number of aryl methyl sites for hydroxylation is 2. The number of ether oxygens (including phenoxy) is 2. The molecule has 0 saturated heterocycles. The van der Waals surface area contributed by atoms with Gasteiger partial charge >= 0.3 is 6.11 Å². The van der Waals surface area contributed by atoms with Crippen LogP contribution in [0.1, 0.15) is 49.3 Å². The van der Waals surface area contributed by atoms with Gasteiger partial charge in [-0.05, 0) is 61.7 Å². The van der Waals surface area contributed by atoms with Gasteiger partial charge in [-0.3, -0.25) is 0 Å². The van der Waals surface area contributed by atoms with Crippen molar-refractivity contribution in [3.05, 3.63) is 89.0 Å². The molecule has 0 atom stereocenters. The van der Waals surface area contributed by atoms with Crippen molar-refractivity contribution in [3.63, 3.8) is 0 Å². The van der Waals surface area contributed by atoms with Gasteiger partial charge in [0.1, 0.15) is 22.9 Å². The van der Waals surface area contributed by atoms with E-state index >= 15 is 0 Å². The van der Waals surface area contributed by atoms with Crippen LogP contribution < -0.4 is 9.47 Å². The Balaban J connectivity index is 1.76. The zero-order valence-corrected chi connectivity index (χ0v) is 18.1. The van der Waals surface area contributed by atoms with Crippen LogP contribution in [0.4, 0.5) is 17.6 Å². The van der Waals surface area contributed by atoms with E-state index < -0.39 is 29.1 Å². The van der Waals surface area contributed by atoms with Crippen LogP contribution >= 0.6 is 0 Å². The number of unbranched alkanes of at least 4 members (excludes halogenated alkanes) is 3. The van der Waals surface area contributed by atoms with Crippen molar-refractivity contribution in [2.75, 3.05) is 0 Å². The van der Waals surface area contributed by atoms with Gasteiger partial charge in [0.2, 0.25) is 0 Å². The molecule has 3 aromatic rings. The minimum Gasteiger partial charge on any atom is -0.454 e. The lowest BCUT2D eigenvalue weighted by molar-refractivity contribution is -0.189. The smallest absolute Gasteiger partial charge is 0.432 e. The molecule has 0 aromatic heterocycles. The predicted molar refractivity (Wildman–Crippen MR) is 116 cm³/mol. The Morgan fingerprint density at radius 3 is 2.09 bits per heavy atom. The standard InChI is InChI=1S/C26H26F4O2/c1-3-4-5-6-7-19-10-14-21(15-11-19)32-26(29,30)24-22(27)16-17-23(25(24)28)31-20-12-8-18(2)9-13-20/h8-17H,3-7H2,1-2H3. The lowest BCUT2D eigenvalue weighted by atomic mass is 10.1. The van der Waals surface area contributed by atoms with E-state index in [1.165, 1.54) is 12.1 Å². The Bertz CT molecular complexity index is 1020. The fourth-order valence-electron chi connectivity index (χ4n) is 3.29. The molecule has 170 valence electrons. The fraction of sp³-hybridized carbons (Fsp3) is 0.308. The summed E-state index contributed by atoms with van der Waals surface area (Å²) in [6.45, 7) is 3.99. The molecule has 0 radical (unpaired) electrons. The highest BCUT2D eigenvalue weighted by Crippen LogP contribution is 2.39. The minimum atomic E-state index is -4.23. The third-order valence-corrected chi connectivity index (χ3v) is 5.08. The van der Waals surface area contributed by atoms with Gasteiger partial charge in [0, 0.05) is 0 Å². The Hall–Kier alpha value is -3.02. The quantitative estimate of drug-likeness (QED) is 0.230. The largest absolute Gasteiger partial charge is 0.454 e. The highest BCUT2D eigenvalue weighted by atomic mass is 19.3. The SMILES string of the molecule is CCCCCCc1ccc(OC(F)(F)c2c(F)ccc(Oc3ccc(C)cc3)c2F)cc1. The van der Waals surface area contributed by atoms with E-state index in [0.29, 0.717) is 0 Å². The molecule has 3 aromatic carbocycles. The summed E-state index contributed by atoms with van der Waals surface area (Å²) in [4.78, 5) is 0. The molecule has 2 nitrogen and oxygen atoms in total. The first-order chi connectivity index (χ1) is 15.3. The summed E-state index contributed by atoms with van der Waals surface area (Å²) in [6, 6.07) is 14.4. The number of benzene rings is 3. The van der Waals surface area contributed by atoms with E-state index in [1.54, 1.807) is 36.4 Å². The molecule has 0 saturated carbocycles. The molecule has 3 rings (SSSR count). The summed E-state index contributed by atoms with van der Waals surface area (Å²) >= 11 is 0. The van der Waals surface area contributed by atoms with Gasteiger partial charge in [0.25, 0.3) is 0 Å². The Labute approximate surface area is 185 Å². The maximum Gasteiger partial charge on any atom is 0.432 e. The highest BCUT2D eigenvalue weighted by molar-refractivity contribution is 5.39. The van der Waals surface area contributed by atoms with Crippen molar-refractivity contribution in [1.82, 2.24) is 0 Å². The molecule has 32 heavy (non-hydrogen) atoms. The summed E-state index contributed by atoms with van der Waals surface area (Å²) in [5, 5.41) is 0. The van der Waals surface area contributed by atoms with Gasteiger partial charge in [-0.25, -0.2) is 8.78 Å². The van der Waals surface area contributed by atoms with Crippen molar-refractivity contribution in [1.29, 1.82) is 0 Å².